The van der Waals surface area contributed by atoms with Crippen LogP contribution in [0.1, 0.15) is 28.9 Å². The fourth-order valence-corrected chi connectivity index (χ4v) is 3.64. The van der Waals surface area contributed by atoms with Crippen molar-refractivity contribution in [1.29, 1.82) is 0 Å². The first-order chi connectivity index (χ1) is 13.3. The summed E-state index contributed by atoms with van der Waals surface area (Å²) >= 11 is 0. The molecule has 1 amide bonds. The Morgan fingerprint density at radius 2 is 1.93 bits per heavy atom. The van der Waals surface area contributed by atoms with Crippen LogP contribution in [0.5, 0.6) is 11.5 Å². The van der Waals surface area contributed by atoms with E-state index in [0.717, 1.165) is 5.56 Å². The van der Waals surface area contributed by atoms with Gasteiger partial charge in [-0.1, -0.05) is 12.1 Å². The van der Waals surface area contributed by atoms with E-state index >= 15 is 0 Å². The smallest absolute Gasteiger partial charge is 0.251 e. The lowest BCUT2D eigenvalue weighted by molar-refractivity contribution is 0.0939. The summed E-state index contributed by atoms with van der Waals surface area (Å²) in [6.07, 6.45) is 1.44. The molecular formula is C20H24N2O5S. The van der Waals surface area contributed by atoms with Crippen LogP contribution in [0, 0.1) is 0 Å². The van der Waals surface area contributed by atoms with Crippen molar-refractivity contribution in [3.63, 3.8) is 0 Å². The molecule has 0 bridgehead atoms. The van der Waals surface area contributed by atoms with E-state index in [-0.39, 0.29) is 17.0 Å². The first-order valence-electron chi connectivity index (χ1n) is 8.55. The van der Waals surface area contributed by atoms with Crippen LogP contribution in [0.25, 0.3) is 0 Å². The SMILES string of the molecule is C=CCNS(=O)(=O)c1cccc(C(=O)N[C@@H](C)c2cc(OC)ccc2OC)c1. The molecule has 0 saturated carbocycles. The van der Waals surface area contributed by atoms with Gasteiger partial charge in [0, 0.05) is 17.7 Å². The fourth-order valence-electron chi connectivity index (χ4n) is 2.59. The van der Waals surface area contributed by atoms with Gasteiger partial charge in [0.25, 0.3) is 5.91 Å². The van der Waals surface area contributed by atoms with Crippen molar-refractivity contribution in [2.75, 3.05) is 20.8 Å². The zero-order valence-corrected chi connectivity index (χ0v) is 16.9. The number of carbonyl (C=O) groups excluding carboxylic acids is 1. The Morgan fingerprint density at radius 1 is 1.18 bits per heavy atom. The summed E-state index contributed by atoms with van der Waals surface area (Å²) in [7, 11) is -0.614. The van der Waals surface area contributed by atoms with Crippen molar-refractivity contribution < 1.29 is 22.7 Å². The Morgan fingerprint density at radius 3 is 2.57 bits per heavy atom. The number of carbonyl (C=O) groups is 1. The molecule has 0 radical (unpaired) electrons. The maximum absolute atomic E-state index is 12.7. The van der Waals surface area contributed by atoms with Crippen LogP contribution in [0.3, 0.4) is 0 Å². The van der Waals surface area contributed by atoms with Crippen molar-refractivity contribution in [1.82, 2.24) is 10.0 Å². The molecule has 0 aliphatic carbocycles. The van der Waals surface area contributed by atoms with Crippen molar-refractivity contribution >= 4 is 15.9 Å². The molecule has 8 heteroatoms. The molecule has 2 aromatic carbocycles. The van der Waals surface area contributed by atoms with E-state index in [1.165, 1.54) is 24.3 Å². The maximum Gasteiger partial charge on any atom is 0.251 e. The number of hydrogen-bond donors (Lipinski definition) is 2. The van der Waals surface area contributed by atoms with Gasteiger partial charge in [-0.3, -0.25) is 4.79 Å². The second kappa shape index (κ2) is 9.38. The zero-order chi connectivity index (χ0) is 20.7. The quantitative estimate of drug-likeness (QED) is 0.627. The van der Waals surface area contributed by atoms with Crippen LogP contribution in [0.15, 0.2) is 60.0 Å². The zero-order valence-electron chi connectivity index (χ0n) is 16.1. The fraction of sp³-hybridized carbons (Fsp3) is 0.250. The molecule has 0 unspecified atom stereocenters. The van der Waals surface area contributed by atoms with Gasteiger partial charge in [-0.25, -0.2) is 13.1 Å². The number of hydrogen-bond acceptors (Lipinski definition) is 5. The van der Waals surface area contributed by atoms with Gasteiger partial charge in [0.05, 0.1) is 25.2 Å². The lowest BCUT2D eigenvalue weighted by Gasteiger charge is -2.18. The van der Waals surface area contributed by atoms with E-state index in [9.17, 15) is 13.2 Å². The molecule has 0 aromatic heterocycles. The summed E-state index contributed by atoms with van der Waals surface area (Å²) < 4.78 is 37.4. The molecule has 0 spiro atoms. The van der Waals surface area contributed by atoms with Crippen LogP contribution >= 0.6 is 0 Å². The van der Waals surface area contributed by atoms with Crippen LogP contribution in [-0.2, 0) is 10.0 Å². The van der Waals surface area contributed by atoms with Gasteiger partial charge in [0.15, 0.2) is 0 Å². The highest BCUT2D eigenvalue weighted by molar-refractivity contribution is 7.89. The highest BCUT2D eigenvalue weighted by Gasteiger charge is 2.19. The molecule has 1 atom stereocenters. The van der Waals surface area contributed by atoms with Crippen LogP contribution in [0.4, 0.5) is 0 Å². The second-order valence-electron chi connectivity index (χ2n) is 5.97. The van der Waals surface area contributed by atoms with E-state index in [0.29, 0.717) is 11.5 Å². The first-order valence-corrected chi connectivity index (χ1v) is 10.0. The summed E-state index contributed by atoms with van der Waals surface area (Å²) in [4.78, 5) is 12.7. The number of sulfonamides is 1. The summed E-state index contributed by atoms with van der Waals surface area (Å²) in [6.45, 7) is 5.39. The van der Waals surface area contributed by atoms with Gasteiger partial charge in [-0.15, -0.1) is 6.58 Å². The molecule has 2 rings (SSSR count). The third-order valence-corrected chi connectivity index (χ3v) is 5.50. The van der Waals surface area contributed by atoms with Crippen LogP contribution in [0.2, 0.25) is 0 Å². The third-order valence-electron chi connectivity index (χ3n) is 4.08. The molecule has 150 valence electrons. The normalized spacial score (nSPS) is 12.1. The summed E-state index contributed by atoms with van der Waals surface area (Å²) in [5, 5.41) is 2.85. The van der Waals surface area contributed by atoms with Gasteiger partial charge < -0.3 is 14.8 Å². The van der Waals surface area contributed by atoms with Gasteiger partial charge >= 0.3 is 0 Å². The van der Waals surface area contributed by atoms with E-state index in [1.54, 1.807) is 45.4 Å². The van der Waals surface area contributed by atoms with Crippen LogP contribution < -0.4 is 19.5 Å². The molecule has 0 aliphatic heterocycles. The largest absolute Gasteiger partial charge is 0.497 e. The van der Waals surface area contributed by atoms with Crippen molar-refractivity contribution in [3.05, 3.63) is 66.2 Å². The van der Waals surface area contributed by atoms with Gasteiger partial charge in [0.1, 0.15) is 11.5 Å². The minimum absolute atomic E-state index is 0.00798. The van der Waals surface area contributed by atoms with E-state index in [4.69, 9.17) is 9.47 Å². The molecule has 0 aliphatic rings. The first kappa shape index (κ1) is 21.5. The Hall–Kier alpha value is -2.84. The lowest BCUT2D eigenvalue weighted by Crippen LogP contribution is -2.28. The molecule has 0 fully saturated rings. The minimum Gasteiger partial charge on any atom is -0.497 e. The molecule has 2 N–H and O–H groups in total. The monoisotopic (exact) mass is 404 g/mol. The highest BCUT2D eigenvalue weighted by atomic mass is 32.2. The third kappa shape index (κ3) is 5.11. The number of amides is 1. The van der Waals surface area contributed by atoms with Gasteiger partial charge in [-0.05, 0) is 43.3 Å². The van der Waals surface area contributed by atoms with E-state index in [1.807, 2.05) is 0 Å². The predicted molar refractivity (Wildman–Crippen MR) is 107 cm³/mol. The molecule has 28 heavy (non-hydrogen) atoms. The standard InChI is InChI=1S/C20H24N2O5S/c1-5-11-21-28(24,25)17-8-6-7-15(12-17)20(23)22-14(2)18-13-16(26-3)9-10-19(18)27-4/h5-10,12-14,21H,1,11H2,2-4H3,(H,22,23)/t14-/m0/s1. The van der Waals surface area contributed by atoms with Crippen molar-refractivity contribution in [2.24, 2.45) is 0 Å². The Labute approximate surface area is 165 Å². The van der Waals surface area contributed by atoms with Crippen LogP contribution in [-0.4, -0.2) is 35.1 Å². The van der Waals surface area contributed by atoms with E-state index < -0.39 is 22.0 Å². The summed E-state index contributed by atoms with van der Waals surface area (Å²) in [5.41, 5.74) is 0.974. The van der Waals surface area contributed by atoms with Gasteiger partial charge in [0.2, 0.25) is 10.0 Å². The number of ether oxygens (including phenoxy) is 2. The number of benzene rings is 2. The molecular weight excluding hydrogens is 380 g/mol. The topological polar surface area (TPSA) is 93.7 Å². The molecule has 0 heterocycles. The van der Waals surface area contributed by atoms with E-state index in [2.05, 4.69) is 16.6 Å². The Balaban J connectivity index is 2.24. The minimum atomic E-state index is -3.72. The van der Waals surface area contributed by atoms with Crippen molar-refractivity contribution in [3.8, 4) is 11.5 Å². The predicted octanol–water partition coefficient (Wildman–Crippen LogP) is 2.66. The average Bonchev–Trinajstić information content (AvgIpc) is 2.71. The lowest BCUT2D eigenvalue weighted by atomic mass is 10.1. The average molecular weight is 404 g/mol. The number of nitrogens with one attached hydrogen (secondary N) is 2. The second-order valence-corrected chi connectivity index (χ2v) is 7.74. The number of rotatable bonds is 9. The van der Waals surface area contributed by atoms with Crippen molar-refractivity contribution in [2.45, 2.75) is 17.9 Å². The molecule has 7 nitrogen and oxygen atoms in total. The summed E-state index contributed by atoms with van der Waals surface area (Å²) in [6, 6.07) is 10.7. The number of methoxy groups -OCH3 is 2. The summed E-state index contributed by atoms with van der Waals surface area (Å²) in [5.74, 6) is 0.843. The van der Waals surface area contributed by atoms with Gasteiger partial charge in [-0.2, -0.15) is 0 Å². The molecule has 2 aromatic rings. The Bertz CT molecular complexity index is 957. The maximum atomic E-state index is 12.7. The highest BCUT2D eigenvalue weighted by Crippen LogP contribution is 2.29. The Kier molecular flexibility index (Phi) is 7.19. The molecule has 0 saturated heterocycles.